The molecule has 0 heterocycles. The zero-order valence-corrected chi connectivity index (χ0v) is 13.7. The monoisotopic (exact) mass is 309 g/mol. The molecule has 1 amide bonds. The van der Waals surface area contributed by atoms with E-state index in [1.807, 2.05) is 0 Å². The zero-order valence-electron chi connectivity index (χ0n) is 12.9. The summed E-state index contributed by atoms with van der Waals surface area (Å²) in [5.74, 6) is -0.114. The van der Waals surface area contributed by atoms with Gasteiger partial charge in [-0.1, -0.05) is 38.4 Å². The SMILES string of the molecule is CC1(C)C[C@H](O)C[C@](C)(CNC(=O)c2cccc(Cl)c2)C1. The number of carbonyl (C=O) groups is 1. The van der Waals surface area contributed by atoms with Gasteiger partial charge in [-0.25, -0.2) is 0 Å². The molecule has 1 aromatic rings. The molecule has 1 saturated carbocycles. The predicted octanol–water partition coefficient (Wildman–Crippen LogP) is 3.65. The molecule has 0 unspecified atom stereocenters. The quantitative estimate of drug-likeness (QED) is 0.895. The molecule has 21 heavy (non-hydrogen) atoms. The standard InChI is InChI=1S/C17H24ClNO2/c1-16(2)8-14(20)9-17(3,10-16)11-19-15(21)12-5-4-6-13(18)7-12/h4-7,14,20H,8-11H2,1-3H3,(H,19,21)/t14-,17-/m0/s1. The number of nitrogens with one attached hydrogen (secondary N) is 1. The molecule has 2 rings (SSSR count). The molecule has 0 radical (unpaired) electrons. The first-order chi connectivity index (χ1) is 9.69. The van der Waals surface area contributed by atoms with E-state index in [9.17, 15) is 9.90 Å². The summed E-state index contributed by atoms with van der Waals surface area (Å²) in [6.45, 7) is 7.05. The molecule has 1 aromatic carbocycles. The fraction of sp³-hybridized carbons (Fsp3) is 0.588. The van der Waals surface area contributed by atoms with E-state index in [4.69, 9.17) is 11.6 Å². The van der Waals surface area contributed by atoms with Crippen LogP contribution in [-0.4, -0.2) is 23.7 Å². The van der Waals surface area contributed by atoms with Gasteiger partial charge in [0.15, 0.2) is 0 Å². The second-order valence-electron chi connectivity index (χ2n) is 7.41. The number of hydrogen-bond acceptors (Lipinski definition) is 2. The van der Waals surface area contributed by atoms with E-state index in [1.54, 1.807) is 24.3 Å². The lowest BCUT2D eigenvalue weighted by atomic mass is 9.63. The molecule has 0 bridgehead atoms. The highest BCUT2D eigenvalue weighted by molar-refractivity contribution is 6.30. The van der Waals surface area contributed by atoms with Crippen molar-refractivity contribution in [2.75, 3.05) is 6.54 Å². The van der Waals surface area contributed by atoms with Gasteiger partial charge in [0.1, 0.15) is 0 Å². The summed E-state index contributed by atoms with van der Waals surface area (Å²) < 4.78 is 0. The van der Waals surface area contributed by atoms with Crippen molar-refractivity contribution in [2.45, 2.75) is 46.1 Å². The van der Waals surface area contributed by atoms with Gasteiger partial charge < -0.3 is 10.4 Å². The highest BCUT2D eigenvalue weighted by Crippen LogP contribution is 2.45. The van der Waals surface area contributed by atoms with Crippen LogP contribution < -0.4 is 5.32 Å². The number of amides is 1. The summed E-state index contributed by atoms with van der Waals surface area (Å²) in [5, 5.41) is 13.6. The summed E-state index contributed by atoms with van der Waals surface area (Å²) in [7, 11) is 0. The van der Waals surface area contributed by atoms with E-state index in [1.165, 1.54) is 0 Å². The Bertz CT molecular complexity index is 529. The van der Waals surface area contributed by atoms with Gasteiger partial charge in [-0.3, -0.25) is 4.79 Å². The Balaban J connectivity index is 2.00. The minimum atomic E-state index is -0.290. The van der Waals surface area contributed by atoms with Crippen LogP contribution in [0.15, 0.2) is 24.3 Å². The van der Waals surface area contributed by atoms with Crippen molar-refractivity contribution in [2.24, 2.45) is 10.8 Å². The molecular formula is C17H24ClNO2. The molecular weight excluding hydrogens is 286 g/mol. The van der Waals surface area contributed by atoms with Crippen molar-refractivity contribution in [1.29, 1.82) is 0 Å². The number of aliphatic hydroxyl groups is 1. The summed E-state index contributed by atoms with van der Waals surface area (Å²) in [5.41, 5.74) is 0.601. The number of halogens is 1. The topological polar surface area (TPSA) is 49.3 Å². The Morgan fingerprint density at radius 3 is 2.71 bits per heavy atom. The van der Waals surface area contributed by atoms with E-state index < -0.39 is 0 Å². The van der Waals surface area contributed by atoms with Crippen LogP contribution in [0, 0.1) is 10.8 Å². The van der Waals surface area contributed by atoms with Gasteiger partial charge >= 0.3 is 0 Å². The Hall–Kier alpha value is -1.06. The fourth-order valence-electron chi connectivity index (χ4n) is 3.74. The van der Waals surface area contributed by atoms with Gasteiger partial charge in [0.2, 0.25) is 0 Å². The number of hydrogen-bond donors (Lipinski definition) is 2. The molecule has 4 heteroatoms. The summed E-state index contributed by atoms with van der Waals surface area (Å²) >= 11 is 5.91. The van der Waals surface area contributed by atoms with Gasteiger partial charge in [-0.15, -0.1) is 0 Å². The second-order valence-corrected chi connectivity index (χ2v) is 7.84. The van der Waals surface area contributed by atoms with Gasteiger partial charge in [0, 0.05) is 17.1 Å². The summed E-state index contributed by atoms with van der Waals surface area (Å²) in [4.78, 5) is 12.2. The highest BCUT2D eigenvalue weighted by atomic mass is 35.5. The Labute approximate surface area is 131 Å². The number of rotatable bonds is 3. The number of carbonyl (C=O) groups excluding carboxylic acids is 1. The van der Waals surface area contributed by atoms with Crippen LogP contribution in [0.3, 0.4) is 0 Å². The maximum Gasteiger partial charge on any atom is 0.251 e. The maximum atomic E-state index is 12.2. The van der Waals surface area contributed by atoms with Crippen molar-refractivity contribution < 1.29 is 9.90 Å². The number of aliphatic hydroxyl groups excluding tert-OH is 1. The van der Waals surface area contributed by atoms with Crippen molar-refractivity contribution in [3.8, 4) is 0 Å². The molecule has 1 fully saturated rings. The average Bonchev–Trinajstić information content (AvgIpc) is 2.33. The molecule has 0 aromatic heterocycles. The van der Waals surface area contributed by atoms with Gasteiger partial charge in [-0.05, 0) is 48.3 Å². The van der Waals surface area contributed by atoms with Crippen LogP contribution in [-0.2, 0) is 0 Å². The fourth-order valence-corrected chi connectivity index (χ4v) is 3.93. The van der Waals surface area contributed by atoms with E-state index in [-0.39, 0.29) is 22.8 Å². The maximum absolute atomic E-state index is 12.2. The molecule has 3 nitrogen and oxygen atoms in total. The van der Waals surface area contributed by atoms with Crippen molar-refractivity contribution in [1.82, 2.24) is 5.32 Å². The molecule has 0 spiro atoms. The average molecular weight is 310 g/mol. The molecule has 2 N–H and O–H groups in total. The first kappa shape index (κ1) is 16.3. The van der Waals surface area contributed by atoms with Gasteiger partial charge in [-0.2, -0.15) is 0 Å². The third kappa shape index (κ3) is 4.45. The van der Waals surface area contributed by atoms with Crippen LogP contribution in [0.5, 0.6) is 0 Å². The first-order valence-electron chi connectivity index (χ1n) is 7.41. The van der Waals surface area contributed by atoms with Gasteiger partial charge in [0.05, 0.1) is 6.10 Å². The van der Waals surface area contributed by atoms with Crippen LogP contribution in [0.25, 0.3) is 0 Å². The van der Waals surface area contributed by atoms with Gasteiger partial charge in [0.25, 0.3) is 5.91 Å². The largest absolute Gasteiger partial charge is 0.393 e. The third-order valence-electron chi connectivity index (χ3n) is 4.18. The molecule has 1 aliphatic rings. The lowest BCUT2D eigenvalue weighted by Crippen LogP contribution is -2.45. The highest BCUT2D eigenvalue weighted by Gasteiger charge is 2.40. The molecule has 0 aliphatic heterocycles. The van der Waals surface area contributed by atoms with E-state index in [0.717, 1.165) is 19.3 Å². The molecule has 1 aliphatic carbocycles. The lowest BCUT2D eigenvalue weighted by Gasteiger charge is -2.45. The van der Waals surface area contributed by atoms with Crippen LogP contribution >= 0.6 is 11.6 Å². The number of benzene rings is 1. The molecule has 116 valence electrons. The second kappa shape index (κ2) is 5.98. The first-order valence-corrected chi connectivity index (χ1v) is 7.79. The zero-order chi connectivity index (χ0) is 15.7. The van der Waals surface area contributed by atoms with Crippen LogP contribution in [0.2, 0.25) is 5.02 Å². The normalized spacial score (nSPS) is 28.1. The third-order valence-corrected chi connectivity index (χ3v) is 4.42. The van der Waals surface area contributed by atoms with E-state index in [0.29, 0.717) is 17.1 Å². The van der Waals surface area contributed by atoms with Crippen molar-refractivity contribution in [3.63, 3.8) is 0 Å². The minimum absolute atomic E-state index is 0.0740. The Morgan fingerprint density at radius 1 is 1.38 bits per heavy atom. The summed E-state index contributed by atoms with van der Waals surface area (Å²) in [6.07, 6.45) is 2.26. The molecule has 2 atom stereocenters. The van der Waals surface area contributed by atoms with Crippen LogP contribution in [0.4, 0.5) is 0 Å². The minimum Gasteiger partial charge on any atom is -0.393 e. The van der Waals surface area contributed by atoms with E-state index >= 15 is 0 Å². The Morgan fingerprint density at radius 2 is 2.10 bits per heavy atom. The summed E-state index contributed by atoms with van der Waals surface area (Å²) in [6, 6.07) is 6.94. The van der Waals surface area contributed by atoms with Crippen molar-refractivity contribution >= 4 is 17.5 Å². The van der Waals surface area contributed by atoms with Crippen molar-refractivity contribution in [3.05, 3.63) is 34.9 Å². The van der Waals surface area contributed by atoms with Crippen LogP contribution in [0.1, 0.15) is 50.4 Å². The molecule has 0 saturated heterocycles. The Kier molecular flexibility index (Phi) is 4.64. The predicted molar refractivity (Wildman–Crippen MR) is 85.5 cm³/mol. The lowest BCUT2D eigenvalue weighted by molar-refractivity contribution is -0.00839. The van der Waals surface area contributed by atoms with E-state index in [2.05, 4.69) is 26.1 Å². The smallest absolute Gasteiger partial charge is 0.251 e.